The Kier molecular flexibility index (Phi) is 3.82. The fourth-order valence-corrected chi connectivity index (χ4v) is 2.75. The second kappa shape index (κ2) is 5.80. The summed E-state index contributed by atoms with van der Waals surface area (Å²) in [5.74, 6) is 1.11. The first-order chi connectivity index (χ1) is 11.0. The highest BCUT2D eigenvalue weighted by molar-refractivity contribution is 6.13. The first-order valence-electron chi connectivity index (χ1n) is 7.45. The molecule has 0 saturated heterocycles. The maximum absolute atomic E-state index is 12.7. The average molecular weight is 309 g/mol. The molecule has 0 unspecified atom stereocenters. The number of carbonyl (C=O) groups excluding carboxylic acids is 1. The summed E-state index contributed by atoms with van der Waals surface area (Å²) in [6.45, 7) is 5.80. The van der Waals surface area contributed by atoms with E-state index in [1.807, 2.05) is 50.2 Å². The van der Waals surface area contributed by atoms with E-state index >= 15 is 0 Å². The summed E-state index contributed by atoms with van der Waals surface area (Å²) in [6, 6.07) is 11.4. The van der Waals surface area contributed by atoms with Crippen LogP contribution in [0.25, 0.3) is 11.0 Å². The lowest BCUT2D eigenvalue weighted by molar-refractivity contribution is 0.102. The van der Waals surface area contributed by atoms with Gasteiger partial charge in [0.05, 0.1) is 12.7 Å². The minimum atomic E-state index is -0.179. The topological polar surface area (TPSA) is 51.5 Å². The molecule has 0 aliphatic heterocycles. The van der Waals surface area contributed by atoms with E-state index in [9.17, 15) is 4.79 Å². The zero-order chi connectivity index (χ0) is 16.6. The Morgan fingerprint density at radius 2 is 1.87 bits per heavy atom. The van der Waals surface area contributed by atoms with Crippen LogP contribution < -0.4 is 10.1 Å². The normalized spacial score (nSPS) is 10.8. The van der Waals surface area contributed by atoms with Gasteiger partial charge in [0, 0.05) is 11.1 Å². The van der Waals surface area contributed by atoms with Gasteiger partial charge < -0.3 is 14.5 Å². The number of furan rings is 1. The number of anilines is 1. The number of hydrogen-bond acceptors (Lipinski definition) is 3. The summed E-state index contributed by atoms with van der Waals surface area (Å²) >= 11 is 0. The Bertz CT molecular complexity index is 893. The van der Waals surface area contributed by atoms with Crippen molar-refractivity contribution in [3.8, 4) is 5.75 Å². The van der Waals surface area contributed by atoms with Crippen molar-refractivity contribution in [3.05, 3.63) is 58.8 Å². The molecule has 4 nitrogen and oxygen atoms in total. The molecule has 4 heteroatoms. The minimum Gasteiger partial charge on any atom is -0.497 e. The van der Waals surface area contributed by atoms with Crippen LogP contribution in [0.2, 0.25) is 0 Å². The SMILES string of the molecule is COc1ccc2oc(C)c(C(=O)Nc3ccc(C)cc3C)c2c1. The van der Waals surface area contributed by atoms with Crippen molar-refractivity contribution in [1.82, 2.24) is 0 Å². The molecule has 1 heterocycles. The summed E-state index contributed by atoms with van der Waals surface area (Å²) < 4.78 is 10.9. The number of methoxy groups -OCH3 is 1. The van der Waals surface area contributed by atoms with E-state index < -0.39 is 0 Å². The lowest BCUT2D eigenvalue weighted by Crippen LogP contribution is -2.13. The van der Waals surface area contributed by atoms with Crippen molar-refractivity contribution in [2.24, 2.45) is 0 Å². The third kappa shape index (κ3) is 2.80. The zero-order valence-electron chi connectivity index (χ0n) is 13.7. The number of aryl methyl sites for hydroxylation is 3. The number of carbonyl (C=O) groups is 1. The third-order valence-corrected chi connectivity index (χ3v) is 3.93. The van der Waals surface area contributed by atoms with Crippen molar-refractivity contribution in [2.45, 2.75) is 20.8 Å². The van der Waals surface area contributed by atoms with Gasteiger partial charge >= 0.3 is 0 Å². The van der Waals surface area contributed by atoms with Gasteiger partial charge in [0.2, 0.25) is 0 Å². The molecule has 1 amide bonds. The molecule has 0 aliphatic carbocycles. The van der Waals surface area contributed by atoms with Gasteiger partial charge in [-0.15, -0.1) is 0 Å². The first kappa shape index (κ1) is 15.2. The second-order valence-corrected chi connectivity index (χ2v) is 5.67. The van der Waals surface area contributed by atoms with Gasteiger partial charge in [0.15, 0.2) is 0 Å². The van der Waals surface area contributed by atoms with Crippen molar-refractivity contribution in [3.63, 3.8) is 0 Å². The summed E-state index contributed by atoms with van der Waals surface area (Å²) in [5, 5.41) is 3.72. The maximum Gasteiger partial charge on any atom is 0.259 e. The van der Waals surface area contributed by atoms with Crippen molar-refractivity contribution >= 4 is 22.6 Å². The van der Waals surface area contributed by atoms with Crippen LogP contribution in [0.3, 0.4) is 0 Å². The van der Waals surface area contributed by atoms with E-state index in [-0.39, 0.29) is 5.91 Å². The van der Waals surface area contributed by atoms with Gasteiger partial charge in [-0.25, -0.2) is 0 Å². The number of amides is 1. The number of benzene rings is 2. The molecule has 1 N–H and O–H groups in total. The van der Waals surface area contributed by atoms with Crippen LogP contribution in [0.15, 0.2) is 40.8 Å². The van der Waals surface area contributed by atoms with Crippen LogP contribution in [0.4, 0.5) is 5.69 Å². The fourth-order valence-electron chi connectivity index (χ4n) is 2.75. The molecule has 0 spiro atoms. The van der Waals surface area contributed by atoms with Gasteiger partial charge in [-0.1, -0.05) is 17.7 Å². The van der Waals surface area contributed by atoms with Gasteiger partial charge in [-0.05, 0) is 50.6 Å². The molecule has 0 saturated carbocycles. The molecule has 118 valence electrons. The van der Waals surface area contributed by atoms with Gasteiger partial charge in [0.1, 0.15) is 17.1 Å². The number of nitrogens with one attached hydrogen (secondary N) is 1. The highest BCUT2D eigenvalue weighted by Crippen LogP contribution is 2.30. The van der Waals surface area contributed by atoms with E-state index in [0.717, 1.165) is 22.2 Å². The molecule has 3 aromatic rings. The molecule has 0 aliphatic rings. The monoisotopic (exact) mass is 309 g/mol. The van der Waals surface area contributed by atoms with Gasteiger partial charge in [0.25, 0.3) is 5.91 Å². The summed E-state index contributed by atoms with van der Waals surface area (Å²) in [6.07, 6.45) is 0. The zero-order valence-corrected chi connectivity index (χ0v) is 13.7. The van der Waals surface area contributed by atoms with Gasteiger partial charge in [-0.2, -0.15) is 0 Å². The first-order valence-corrected chi connectivity index (χ1v) is 7.45. The Balaban J connectivity index is 2.01. The van der Waals surface area contributed by atoms with Crippen LogP contribution in [-0.4, -0.2) is 13.0 Å². The smallest absolute Gasteiger partial charge is 0.259 e. The average Bonchev–Trinajstić information content (AvgIpc) is 2.84. The Labute approximate surface area is 135 Å². The summed E-state index contributed by atoms with van der Waals surface area (Å²) in [4.78, 5) is 12.7. The molecular formula is C19H19NO3. The van der Waals surface area contributed by atoms with Crippen LogP contribution in [0, 0.1) is 20.8 Å². The molecule has 0 bridgehead atoms. The molecule has 0 fully saturated rings. The van der Waals surface area contributed by atoms with Crippen LogP contribution in [-0.2, 0) is 0 Å². The molecule has 3 rings (SSSR count). The number of ether oxygens (including phenoxy) is 1. The predicted molar refractivity (Wildman–Crippen MR) is 91.4 cm³/mol. The van der Waals surface area contributed by atoms with Crippen molar-refractivity contribution < 1.29 is 13.9 Å². The Morgan fingerprint density at radius 1 is 1.09 bits per heavy atom. The lowest BCUT2D eigenvalue weighted by Gasteiger charge is -2.09. The van der Waals surface area contributed by atoms with Crippen LogP contribution >= 0.6 is 0 Å². The van der Waals surface area contributed by atoms with E-state index in [1.54, 1.807) is 14.0 Å². The predicted octanol–water partition coefficient (Wildman–Crippen LogP) is 4.62. The van der Waals surface area contributed by atoms with Crippen molar-refractivity contribution in [2.75, 3.05) is 12.4 Å². The maximum atomic E-state index is 12.7. The highest BCUT2D eigenvalue weighted by Gasteiger charge is 2.19. The van der Waals surface area contributed by atoms with E-state index in [1.165, 1.54) is 0 Å². The van der Waals surface area contributed by atoms with Gasteiger partial charge in [-0.3, -0.25) is 4.79 Å². The number of rotatable bonds is 3. The lowest BCUT2D eigenvalue weighted by atomic mass is 10.1. The van der Waals surface area contributed by atoms with E-state index in [2.05, 4.69) is 5.32 Å². The minimum absolute atomic E-state index is 0.179. The molecule has 2 aromatic carbocycles. The van der Waals surface area contributed by atoms with E-state index in [0.29, 0.717) is 22.7 Å². The highest BCUT2D eigenvalue weighted by atomic mass is 16.5. The van der Waals surface area contributed by atoms with Crippen LogP contribution in [0.5, 0.6) is 5.75 Å². The van der Waals surface area contributed by atoms with Crippen LogP contribution in [0.1, 0.15) is 27.2 Å². The summed E-state index contributed by atoms with van der Waals surface area (Å²) in [5.41, 5.74) is 4.21. The van der Waals surface area contributed by atoms with Crippen molar-refractivity contribution in [1.29, 1.82) is 0 Å². The molecular weight excluding hydrogens is 290 g/mol. The third-order valence-electron chi connectivity index (χ3n) is 3.93. The second-order valence-electron chi connectivity index (χ2n) is 5.67. The standard InChI is InChI=1S/C19H19NO3/c1-11-5-7-16(12(2)9-11)20-19(21)18-13(3)23-17-8-6-14(22-4)10-15(17)18/h5-10H,1-4H3,(H,20,21). The Hall–Kier alpha value is -2.75. The molecule has 0 radical (unpaired) electrons. The fraction of sp³-hybridized carbons (Fsp3) is 0.211. The molecule has 1 aromatic heterocycles. The Morgan fingerprint density at radius 3 is 2.57 bits per heavy atom. The molecule has 0 atom stereocenters. The quantitative estimate of drug-likeness (QED) is 0.768. The molecule has 23 heavy (non-hydrogen) atoms. The largest absolute Gasteiger partial charge is 0.497 e. The number of fused-ring (bicyclic) bond motifs is 1. The van der Waals surface area contributed by atoms with E-state index in [4.69, 9.17) is 9.15 Å². The summed E-state index contributed by atoms with van der Waals surface area (Å²) in [7, 11) is 1.60. The number of hydrogen-bond donors (Lipinski definition) is 1.